The monoisotopic (exact) mass is 153 g/mol. The average Bonchev–Trinajstić information content (AvgIpc) is 2.14. The number of benzene rings is 1. The first-order valence-electron chi connectivity index (χ1n) is 4.00. The zero-order chi connectivity index (χ0) is 8.24. The van der Waals surface area contributed by atoms with Crippen LogP contribution < -0.4 is 0 Å². The third-order valence-corrected chi connectivity index (χ3v) is 0.667. The minimum Gasteiger partial charge on any atom is -0.358 e. The van der Waals surface area contributed by atoms with Gasteiger partial charge in [0.1, 0.15) is 0 Å². The van der Waals surface area contributed by atoms with Crippen LogP contribution in [-0.2, 0) is 0 Å². The van der Waals surface area contributed by atoms with Gasteiger partial charge in [-0.1, -0.05) is 64.1 Å². The first-order chi connectivity index (χ1) is 5.00. The van der Waals surface area contributed by atoms with Gasteiger partial charge in [0.25, 0.3) is 0 Å². The minimum absolute atomic E-state index is 0. The van der Waals surface area contributed by atoms with Gasteiger partial charge in [-0.3, -0.25) is 0 Å². The van der Waals surface area contributed by atoms with Gasteiger partial charge in [0, 0.05) is 0 Å². The number of hydrogen-bond donors (Lipinski definition) is 0. The third-order valence-electron chi connectivity index (χ3n) is 0.667. The molecular formula is C11H21-. The summed E-state index contributed by atoms with van der Waals surface area (Å²) in [5.74, 6) is 0. The van der Waals surface area contributed by atoms with E-state index >= 15 is 0 Å². The average molecular weight is 153 g/mol. The van der Waals surface area contributed by atoms with Crippen molar-refractivity contribution in [2.45, 2.75) is 27.7 Å². The van der Waals surface area contributed by atoms with E-state index in [1.807, 2.05) is 64.1 Å². The smallest absolute Gasteiger partial charge is 0.0623 e. The lowest BCUT2D eigenvalue weighted by atomic mass is 10.4. The van der Waals surface area contributed by atoms with Crippen molar-refractivity contribution in [3.8, 4) is 0 Å². The molecule has 11 heavy (non-hydrogen) atoms. The quantitative estimate of drug-likeness (QED) is 0.490. The van der Waals surface area contributed by atoms with Crippen molar-refractivity contribution in [3.63, 3.8) is 0 Å². The van der Waals surface area contributed by atoms with Crippen molar-refractivity contribution in [3.05, 3.63) is 43.8 Å². The van der Waals surface area contributed by atoms with Gasteiger partial charge in [0.2, 0.25) is 0 Å². The van der Waals surface area contributed by atoms with Gasteiger partial charge in [0.05, 0.1) is 0 Å². The summed E-state index contributed by atoms with van der Waals surface area (Å²) in [5.41, 5.74) is 0. The molecule has 0 nitrogen and oxygen atoms in total. The largest absolute Gasteiger partial charge is 0.358 e. The second-order valence-electron chi connectivity index (χ2n) is 1.15. The van der Waals surface area contributed by atoms with Gasteiger partial charge < -0.3 is 7.43 Å². The Kier molecular flexibility index (Phi) is 34.6. The summed E-state index contributed by atoms with van der Waals surface area (Å²) >= 11 is 0. The SMILES string of the molecule is CC.CC.[CH3-].c1ccccc1. The fraction of sp³-hybridized carbons (Fsp3) is 0.364. The lowest BCUT2D eigenvalue weighted by molar-refractivity contribution is 1.50. The molecule has 0 saturated heterocycles. The topological polar surface area (TPSA) is 0 Å². The molecule has 0 heteroatoms. The summed E-state index contributed by atoms with van der Waals surface area (Å²) in [6.45, 7) is 8.00. The van der Waals surface area contributed by atoms with Crippen LogP contribution in [0.3, 0.4) is 0 Å². The number of rotatable bonds is 0. The molecule has 0 fully saturated rings. The molecule has 1 aromatic carbocycles. The summed E-state index contributed by atoms with van der Waals surface area (Å²) in [5, 5.41) is 0. The minimum atomic E-state index is 0. The lowest BCUT2D eigenvalue weighted by Gasteiger charge is -1.69. The highest BCUT2D eigenvalue weighted by atomic mass is 13.6. The summed E-state index contributed by atoms with van der Waals surface area (Å²) < 4.78 is 0. The van der Waals surface area contributed by atoms with E-state index in [1.165, 1.54) is 0 Å². The van der Waals surface area contributed by atoms with Crippen molar-refractivity contribution in [2.75, 3.05) is 0 Å². The van der Waals surface area contributed by atoms with E-state index in [4.69, 9.17) is 0 Å². The second kappa shape index (κ2) is 22.9. The molecule has 0 amide bonds. The Morgan fingerprint density at radius 3 is 0.636 bits per heavy atom. The molecule has 0 spiro atoms. The molecule has 0 aliphatic heterocycles. The summed E-state index contributed by atoms with van der Waals surface area (Å²) in [6.07, 6.45) is 0. The predicted octanol–water partition coefficient (Wildman–Crippen LogP) is 4.19. The molecule has 0 radical (unpaired) electrons. The van der Waals surface area contributed by atoms with Gasteiger partial charge in [-0.15, -0.1) is 0 Å². The second-order valence-corrected chi connectivity index (χ2v) is 1.15. The van der Waals surface area contributed by atoms with Crippen LogP contribution >= 0.6 is 0 Å². The van der Waals surface area contributed by atoms with Crippen LogP contribution in [0.15, 0.2) is 36.4 Å². The molecular weight excluding hydrogens is 132 g/mol. The van der Waals surface area contributed by atoms with Gasteiger partial charge in [0.15, 0.2) is 0 Å². The molecule has 0 aromatic heterocycles. The third kappa shape index (κ3) is 17.6. The Hall–Kier alpha value is -0.780. The Morgan fingerprint density at radius 2 is 0.545 bits per heavy atom. The Labute approximate surface area is 72.3 Å². The van der Waals surface area contributed by atoms with E-state index in [9.17, 15) is 0 Å². The Bertz CT molecular complexity index is 72.0. The molecule has 0 N–H and O–H groups in total. The van der Waals surface area contributed by atoms with E-state index in [0.717, 1.165) is 0 Å². The molecule has 0 unspecified atom stereocenters. The predicted molar refractivity (Wildman–Crippen MR) is 55.6 cm³/mol. The van der Waals surface area contributed by atoms with Crippen LogP contribution in [0.4, 0.5) is 0 Å². The first-order valence-corrected chi connectivity index (χ1v) is 4.00. The summed E-state index contributed by atoms with van der Waals surface area (Å²) in [7, 11) is 0. The molecule has 0 heterocycles. The van der Waals surface area contributed by atoms with Crippen LogP contribution in [0.5, 0.6) is 0 Å². The van der Waals surface area contributed by atoms with Crippen LogP contribution in [0.2, 0.25) is 0 Å². The van der Waals surface area contributed by atoms with E-state index < -0.39 is 0 Å². The lowest BCUT2D eigenvalue weighted by Crippen LogP contribution is -1.47. The number of hydrogen-bond acceptors (Lipinski definition) is 0. The van der Waals surface area contributed by atoms with E-state index in [2.05, 4.69) is 0 Å². The maximum absolute atomic E-state index is 2.00. The molecule has 0 bridgehead atoms. The molecule has 0 saturated carbocycles. The van der Waals surface area contributed by atoms with E-state index in [-0.39, 0.29) is 7.43 Å². The van der Waals surface area contributed by atoms with Gasteiger partial charge in [-0.2, -0.15) is 0 Å². The zero-order valence-electron chi connectivity index (χ0n) is 8.46. The van der Waals surface area contributed by atoms with Crippen LogP contribution in [-0.4, -0.2) is 0 Å². The van der Waals surface area contributed by atoms with Crippen LogP contribution in [0.1, 0.15) is 27.7 Å². The maximum atomic E-state index is 2.00. The highest BCUT2D eigenvalue weighted by Crippen LogP contribution is 1.79. The molecule has 1 rings (SSSR count). The van der Waals surface area contributed by atoms with Crippen molar-refractivity contribution in [1.29, 1.82) is 0 Å². The highest BCUT2D eigenvalue weighted by molar-refractivity contribution is 4.99. The van der Waals surface area contributed by atoms with Crippen molar-refractivity contribution < 1.29 is 0 Å². The molecule has 0 aliphatic rings. The highest BCUT2D eigenvalue weighted by Gasteiger charge is 1.57. The zero-order valence-corrected chi connectivity index (χ0v) is 8.46. The van der Waals surface area contributed by atoms with Crippen molar-refractivity contribution in [1.82, 2.24) is 0 Å². The molecule has 66 valence electrons. The fourth-order valence-corrected chi connectivity index (χ4v) is 0.385. The molecule has 1 aromatic rings. The van der Waals surface area contributed by atoms with Gasteiger partial charge in [-0.05, 0) is 0 Å². The van der Waals surface area contributed by atoms with E-state index in [0.29, 0.717) is 0 Å². The Morgan fingerprint density at radius 1 is 0.455 bits per heavy atom. The van der Waals surface area contributed by atoms with Crippen LogP contribution in [0.25, 0.3) is 0 Å². The van der Waals surface area contributed by atoms with E-state index in [1.54, 1.807) is 0 Å². The summed E-state index contributed by atoms with van der Waals surface area (Å²) in [6, 6.07) is 12.0. The fourth-order valence-electron chi connectivity index (χ4n) is 0.385. The normalized spacial score (nSPS) is 5.45. The van der Waals surface area contributed by atoms with Gasteiger partial charge >= 0.3 is 0 Å². The van der Waals surface area contributed by atoms with Crippen molar-refractivity contribution >= 4 is 0 Å². The molecule has 0 aliphatic carbocycles. The summed E-state index contributed by atoms with van der Waals surface area (Å²) in [4.78, 5) is 0. The maximum Gasteiger partial charge on any atom is -0.0623 e. The first kappa shape index (κ1) is 16.7. The van der Waals surface area contributed by atoms with Crippen LogP contribution in [0, 0.1) is 7.43 Å². The molecule has 0 atom stereocenters. The van der Waals surface area contributed by atoms with Crippen molar-refractivity contribution in [2.24, 2.45) is 0 Å². The standard InChI is InChI=1S/C6H6.2C2H6.CH3/c1-2-4-6-5-3-1;2*1-2;/h1-6H;2*1-2H3;1H3/q;;;-1. The van der Waals surface area contributed by atoms with Gasteiger partial charge in [-0.25, -0.2) is 0 Å². The Balaban J connectivity index is -0.000000114.